The van der Waals surface area contributed by atoms with Crippen LogP contribution in [0.15, 0.2) is 48.9 Å². The van der Waals surface area contributed by atoms with Gasteiger partial charge in [0.1, 0.15) is 5.82 Å². The molecule has 1 aromatic carbocycles. The third-order valence-electron chi connectivity index (χ3n) is 4.82. The lowest BCUT2D eigenvalue weighted by Crippen LogP contribution is -2.45. The summed E-state index contributed by atoms with van der Waals surface area (Å²) in [6.07, 6.45) is 4.79. The number of aryl methyl sites for hydroxylation is 1. The van der Waals surface area contributed by atoms with Gasteiger partial charge in [0.15, 0.2) is 0 Å². The minimum absolute atomic E-state index is 0.0427. The Morgan fingerprint density at radius 1 is 1.21 bits per heavy atom. The van der Waals surface area contributed by atoms with E-state index in [1.54, 1.807) is 29.6 Å². The molecular formula is C21H25ClN6O. The van der Waals surface area contributed by atoms with Gasteiger partial charge in [0.05, 0.1) is 34.7 Å². The zero-order valence-electron chi connectivity index (χ0n) is 17.0. The highest BCUT2D eigenvalue weighted by Crippen LogP contribution is 2.20. The van der Waals surface area contributed by atoms with Gasteiger partial charge in [0, 0.05) is 19.8 Å². The molecular weight excluding hydrogens is 388 g/mol. The number of hydrogen-bond acceptors (Lipinski definition) is 5. The summed E-state index contributed by atoms with van der Waals surface area (Å²) >= 11 is 5.90. The van der Waals surface area contributed by atoms with Gasteiger partial charge >= 0.3 is 0 Å². The number of carbonyl (C=O) groups is 1. The van der Waals surface area contributed by atoms with Crippen molar-refractivity contribution in [2.24, 2.45) is 5.92 Å². The predicted octanol–water partition coefficient (Wildman–Crippen LogP) is 3.83. The highest BCUT2D eigenvalue weighted by molar-refractivity contribution is 6.30. The second-order valence-electron chi connectivity index (χ2n) is 7.31. The lowest BCUT2D eigenvalue weighted by atomic mass is 10.0. The van der Waals surface area contributed by atoms with Gasteiger partial charge in [-0.05, 0) is 37.1 Å². The van der Waals surface area contributed by atoms with Gasteiger partial charge in [-0.2, -0.15) is 15.0 Å². The number of amides is 1. The molecule has 0 spiro atoms. The Bertz CT molecular complexity index is 956. The third kappa shape index (κ3) is 4.92. The minimum Gasteiger partial charge on any atom is -0.368 e. The van der Waals surface area contributed by atoms with Crippen molar-refractivity contribution in [2.45, 2.75) is 26.8 Å². The number of hydrogen-bond donors (Lipinski definition) is 1. The smallest absolute Gasteiger partial charge is 0.256 e. The first kappa shape index (κ1) is 20.8. The molecule has 29 heavy (non-hydrogen) atoms. The molecule has 0 saturated carbocycles. The van der Waals surface area contributed by atoms with Crippen molar-refractivity contribution in [2.75, 3.05) is 18.9 Å². The maximum atomic E-state index is 13.4. The van der Waals surface area contributed by atoms with Crippen LogP contribution in [0.5, 0.6) is 0 Å². The van der Waals surface area contributed by atoms with E-state index in [9.17, 15) is 4.79 Å². The molecule has 0 aliphatic rings. The molecule has 0 radical (unpaired) electrons. The number of rotatable bonds is 7. The van der Waals surface area contributed by atoms with Crippen LogP contribution in [0.3, 0.4) is 0 Å². The molecule has 0 saturated heterocycles. The van der Waals surface area contributed by atoms with E-state index in [1.165, 1.54) is 4.80 Å². The maximum absolute atomic E-state index is 13.4. The van der Waals surface area contributed by atoms with Crippen molar-refractivity contribution in [3.05, 3.63) is 65.1 Å². The lowest BCUT2D eigenvalue weighted by Gasteiger charge is -2.32. The molecule has 0 fully saturated rings. The topological polar surface area (TPSA) is 75.9 Å². The summed E-state index contributed by atoms with van der Waals surface area (Å²) < 4.78 is 0. The summed E-state index contributed by atoms with van der Waals surface area (Å²) in [4.78, 5) is 20.9. The zero-order chi connectivity index (χ0) is 21.0. The molecule has 7 nitrogen and oxygen atoms in total. The van der Waals surface area contributed by atoms with Crippen LogP contribution in [-0.4, -0.2) is 50.4 Å². The largest absolute Gasteiger partial charge is 0.368 e. The summed E-state index contributed by atoms with van der Waals surface area (Å²) in [6.45, 7) is 6.72. The quantitative estimate of drug-likeness (QED) is 0.638. The third-order valence-corrected chi connectivity index (χ3v) is 5.05. The highest BCUT2D eigenvalue weighted by Gasteiger charge is 2.26. The van der Waals surface area contributed by atoms with Crippen LogP contribution >= 0.6 is 11.6 Å². The summed E-state index contributed by atoms with van der Waals surface area (Å²) in [5.41, 5.74) is 2.23. The van der Waals surface area contributed by atoms with E-state index in [4.69, 9.17) is 11.6 Å². The van der Waals surface area contributed by atoms with E-state index in [1.807, 2.05) is 38.2 Å². The highest BCUT2D eigenvalue weighted by atomic mass is 35.5. The van der Waals surface area contributed by atoms with Crippen LogP contribution in [0.1, 0.15) is 29.8 Å². The van der Waals surface area contributed by atoms with Gasteiger partial charge in [-0.25, -0.2) is 4.98 Å². The van der Waals surface area contributed by atoms with Gasteiger partial charge in [-0.1, -0.05) is 37.1 Å². The van der Waals surface area contributed by atoms with Gasteiger partial charge < -0.3 is 10.2 Å². The monoisotopic (exact) mass is 412 g/mol. The number of likely N-dealkylation sites (N-methyl/N-ethyl adjacent to an activating group) is 1. The molecule has 1 amide bonds. The molecule has 1 N–H and O–H groups in total. The number of pyridine rings is 1. The van der Waals surface area contributed by atoms with Gasteiger partial charge in [0.2, 0.25) is 0 Å². The first-order valence-corrected chi connectivity index (χ1v) is 9.84. The Balaban J connectivity index is 1.83. The Labute approximate surface area is 175 Å². The van der Waals surface area contributed by atoms with E-state index in [-0.39, 0.29) is 17.9 Å². The van der Waals surface area contributed by atoms with Gasteiger partial charge in [0.25, 0.3) is 5.91 Å². The molecule has 152 valence electrons. The van der Waals surface area contributed by atoms with Crippen LogP contribution in [0, 0.1) is 12.8 Å². The van der Waals surface area contributed by atoms with Crippen LogP contribution in [-0.2, 0) is 0 Å². The number of nitrogens with one attached hydrogen (secondary N) is 1. The fraction of sp³-hybridized carbons (Fsp3) is 0.333. The van der Waals surface area contributed by atoms with E-state index in [0.29, 0.717) is 22.8 Å². The summed E-state index contributed by atoms with van der Waals surface area (Å²) in [5, 5.41) is 12.3. The summed E-state index contributed by atoms with van der Waals surface area (Å²) in [5.74, 6) is 0.878. The molecule has 8 heteroatoms. The number of nitrogens with zero attached hydrogens (tertiary/aromatic N) is 5. The number of benzene rings is 1. The van der Waals surface area contributed by atoms with E-state index in [0.717, 1.165) is 11.4 Å². The molecule has 3 rings (SSSR count). The van der Waals surface area contributed by atoms with Crippen molar-refractivity contribution in [3.63, 3.8) is 0 Å². The number of carbonyl (C=O) groups excluding carboxylic acids is 1. The predicted molar refractivity (Wildman–Crippen MR) is 115 cm³/mol. The second kappa shape index (κ2) is 9.05. The zero-order valence-corrected chi connectivity index (χ0v) is 17.8. The number of aromatic nitrogens is 4. The fourth-order valence-corrected chi connectivity index (χ4v) is 3.30. The van der Waals surface area contributed by atoms with Crippen LogP contribution in [0.4, 0.5) is 5.82 Å². The first-order valence-electron chi connectivity index (χ1n) is 9.46. The van der Waals surface area contributed by atoms with Crippen molar-refractivity contribution in [1.82, 2.24) is 24.9 Å². The van der Waals surface area contributed by atoms with Crippen molar-refractivity contribution in [3.8, 4) is 5.69 Å². The van der Waals surface area contributed by atoms with Gasteiger partial charge in [-0.15, -0.1) is 0 Å². The van der Waals surface area contributed by atoms with Crippen LogP contribution < -0.4 is 5.32 Å². The normalized spacial score (nSPS) is 12.1. The summed E-state index contributed by atoms with van der Waals surface area (Å²) in [6, 6.07) is 9.26. The fourth-order valence-electron chi connectivity index (χ4n) is 3.19. The Morgan fingerprint density at radius 2 is 1.93 bits per heavy atom. The Morgan fingerprint density at radius 3 is 2.55 bits per heavy atom. The van der Waals surface area contributed by atoms with Crippen LogP contribution in [0.25, 0.3) is 5.69 Å². The standard InChI is InChI=1S/C21H25ClN6O/c1-14(2)19(13-24-20-8-6-16(22)12-23-20)27(4)21(29)17-11-15(3)5-7-18(17)28-25-9-10-26-28/h5-12,14,19H,13H2,1-4H3,(H,23,24). The molecule has 1 atom stereocenters. The SMILES string of the molecule is Cc1ccc(-n2nccn2)c(C(=O)N(C)C(CNc2ccc(Cl)cn2)C(C)C)c1. The molecule has 3 aromatic rings. The average Bonchev–Trinajstić information content (AvgIpc) is 3.23. The van der Waals surface area contributed by atoms with E-state index in [2.05, 4.69) is 34.3 Å². The first-order chi connectivity index (χ1) is 13.9. The molecule has 1 unspecified atom stereocenters. The molecule has 2 aromatic heterocycles. The second-order valence-corrected chi connectivity index (χ2v) is 7.75. The molecule has 0 aliphatic heterocycles. The van der Waals surface area contributed by atoms with Crippen molar-refractivity contribution < 1.29 is 4.79 Å². The van der Waals surface area contributed by atoms with Crippen molar-refractivity contribution in [1.29, 1.82) is 0 Å². The maximum Gasteiger partial charge on any atom is 0.256 e. The molecule has 0 bridgehead atoms. The number of anilines is 1. The average molecular weight is 413 g/mol. The van der Waals surface area contributed by atoms with E-state index < -0.39 is 0 Å². The van der Waals surface area contributed by atoms with Crippen molar-refractivity contribution >= 4 is 23.3 Å². The minimum atomic E-state index is -0.0782. The van der Waals surface area contributed by atoms with E-state index >= 15 is 0 Å². The van der Waals surface area contributed by atoms with Crippen LogP contribution in [0.2, 0.25) is 5.02 Å². The molecule has 2 heterocycles. The summed E-state index contributed by atoms with van der Waals surface area (Å²) in [7, 11) is 1.83. The Kier molecular flexibility index (Phi) is 6.49. The molecule has 0 aliphatic carbocycles. The number of halogens is 1. The van der Waals surface area contributed by atoms with Gasteiger partial charge in [-0.3, -0.25) is 4.79 Å². The Hall–Kier alpha value is -2.93. The lowest BCUT2D eigenvalue weighted by molar-refractivity contribution is 0.0700.